The fourth-order valence-electron chi connectivity index (χ4n) is 4.27. The highest BCUT2D eigenvalue weighted by atomic mass is 16.5. The van der Waals surface area contributed by atoms with E-state index >= 15 is 0 Å². The number of hydrogen-bond donors (Lipinski definition) is 0. The van der Waals surface area contributed by atoms with Gasteiger partial charge in [-0.15, -0.1) is 0 Å². The number of aryl methyl sites for hydroxylation is 1. The molecule has 0 aliphatic heterocycles. The largest absolute Gasteiger partial charge is 0.428 e. The second kappa shape index (κ2) is 12.1. The van der Waals surface area contributed by atoms with Crippen LogP contribution in [0.15, 0.2) is 18.2 Å². The SMILES string of the molecule is CCCCCCCCCCc1cccc(OC=O)c1C1CCCCC1. The third-order valence-electron chi connectivity index (χ3n) is 5.64. The Balaban J connectivity index is 1.88. The minimum atomic E-state index is 0.578. The Labute approximate surface area is 154 Å². The van der Waals surface area contributed by atoms with Gasteiger partial charge in [0.2, 0.25) is 0 Å². The number of rotatable bonds is 12. The Kier molecular flexibility index (Phi) is 9.69. The van der Waals surface area contributed by atoms with Gasteiger partial charge in [0.15, 0.2) is 0 Å². The van der Waals surface area contributed by atoms with Crippen LogP contribution in [0.5, 0.6) is 5.75 Å². The topological polar surface area (TPSA) is 26.3 Å². The number of hydrogen-bond acceptors (Lipinski definition) is 2. The van der Waals surface area contributed by atoms with Gasteiger partial charge >= 0.3 is 0 Å². The lowest BCUT2D eigenvalue weighted by atomic mass is 9.80. The molecule has 0 N–H and O–H groups in total. The summed E-state index contributed by atoms with van der Waals surface area (Å²) < 4.78 is 5.33. The zero-order valence-electron chi connectivity index (χ0n) is 16.1. The van der Waals surface area contributed by atoms with Crippen LogP contribution in [0, 0.1) is 0 Å². The highest BCUT2D eigenvalue weighted by molar-refractivity contribution is 5.51. The second-order valence-corrected chi connectivity index (χ2v) is 7.60. The monoisotopic (exact) mass is 344 g/mol. The maximum atomic E-state index is 10.9. The van der Waals surface area contributed by atoms with E-state index in [4.69, 9.17) is 4.74 Å². The molecule has 0 heterocycles. The highest BCUT2D eigenvalue weighted by Crippen LogP contribution is 2.40. The number of carbonyl (C=O) groups is 1. The van der Waals surface area contributed by atoms with Crippen molar-refractivity contribution in [3.05, 3.63) is 29.3 Å². The first kappa shape index (κ1) is 20.0. The van der Waals surface area contributed by atoms with Crippen molar-refractivity contribution in [2.75, 3.05) is 0 Å². The lowest BCUT2D eigenvalue weighted by Crippen LogP contribution is -2.10. The third kappa shape index (κ3) is 6.84. The summed E-state index contributed by atoms with van der Waals surface area (Å²) in [5, 5.41) is 0. The van der Waals surface area contributed by atoms with Crippen LogP contribution in [0.2, 0.25) is 0 Å². The molecule has 1 aliphatic rings. The van der Waals surface area contributed by atoms with Gasteiger partial charge in [-0.3, -0.25) is 4.79 Å². The van der Waals surface area contributed by atoms with Gasteiger partial charge in [0, 0.05) is 5.56 Å². The molecule has 0 aromatic heterocycles. The summed E-state index contributed by atoms with van der Waals surface area (Å²) in [5.41, 5.74) is 2.74. The van der Waals surface area contributed by atoms with Crippen LogP contribution in [0.3, 0.4) is 0 Å². The smallest absolute Gasteiger partial charge is 0.298 e. The summed E-state index contributed by atoms with van der Waals surface area (Å²) in [4.78, 5) is 10.9. The fourth-order valence-corrected chi connectivity index (χ4v) is 4.27. The van der Waals surface area contributed by atoms with Gasteiger partial charge in [-0.05, 0) is 43.2 Å². The first-order valence-electron chi connectivity index (χ1n) is 10.6. The van der Waals surface area contributed by atoms with E-state index in [0.717, 1.165) is 12.2 Å². The van der Waals surface area contributed by atoms with Crippen molar-refractivity contribution < 1.29 is 9.53 Å². The van der Waals surface area contributed by atoms with Crippen molar-refractivity contribution in [3.8, 4) is 5.75 Å². The van der Waals surface area contributed by atoms with Gasteiger partial charge in [0.25, 0.3) is 6.47 Å². The molecule has 25 heavy (non-hydrogen) atoms. The Bertz CT molecular complexity index is 489. The zero-order chi connectivity index (χ0) is 17.7. The average Bonchev–Trinajstić information content (AvgIpc) is 2.65. The predicted octanol–water partition coefficient (Wildman–Crippen LogP) is 6.95. The third-order valence-corrected chi connectivity index (χ3v) is 5.64. The van der Waals surface area contributed by atoms with Crippen LogP contribution in [0.25, 0.3) is 0 Å². The van der Waals surface area contributed by atoms with Crippen molar-refractivity contribution in [2.45, 2.75) is 103 Å². The quantitative estimate of drug-likeness (QED) is 0.303. The van der Waals surface area contributed by atoms with Crippen LogP contribution < -0.4 is 4.74 Å². The Morgan fingerprint density at radius 1 is 0.960 bits per heavy atom. The average molecular weight is 345 g/mol. The lowest BCUT2D eigenvalue weighted by molar-refractivity contribution is -0.120. The van der Waals surface area contributed by atoms with Crippen molar-refractivity contribution in [3.63, 3.8) is 0 Å². The molecular weight excluding hydrogens is 308 g/mol. The van der Waals surface area contributed by atoms with E-state index in [2.05, 4.69) is 13.0 Å². The second-order valence-electron chi connectivity index (χ2n) is 7.60. The van der Waals surface area contributed by atoms with Crippen LogP contribution in [0.4, 0.5) is 0 Å². The minimum absolute atomic E-state index is 0.578. The molecule has 1 aliphatic carbocycles. The zero-order valence-corrected chi connectivity index (χ0v) is 16.1. The summed E-state index contributed by atoms with van der Waals surface area (Å²) >= 11 is 0. The molecule has 2 nitrogen and oxygen atoms in total. The number of carbonyl (C=O) groups excluding carboxylic acids is 1. The van der Waals surface area contributed by atoms with Gasteiger partial charge in [-0.1, -0.05) is 83.3 Å². The molecule has 0 atom stereocenters. The van der Waals surface area contributed by atoms with Gasteiger partial charge in [-0.25, -0.2) is 0 Å². The summed E-state index contributed by atoms with van der Waals surface area (Å²) in [7, 11) is 0. The molecule has 140 valence electrons. The first-order chi connectivity index (χ1) is 12.4. The van der Waals surface area contributed by atoms with Crippen molar-refractivity contribution in [2.24, 2.45) is 0 Å². The summed E-state index contributed by atoms with van der Waals surface area (Å²) in [5.74, 6) is 1.38. The van der Waals surface area contributed by atoms with Gasteiger partial charge < -0.3 is 4.74 Å². The number of unbranched alkanes of at least 4 members (excludes halogenated alkanes) is 7. The molecule has 2 heteroatoms. The van der Waals surface area contributed by atoms with E-state index in [-0.39, 0.29) is 0 Å². The van der Waals surface area contributed by atoms with Gasteiger partial charge in [0.1, 0.15) is 5.75 Å². The van der Waals surface area contributed by atoms with Gasteiger partial charge in [-0.2, -0.15) is 0 Å². The maximum Gasteiger partial charge on any atom is 0.298 e. The van der Waals surface area contributed by atoms with E-state index in [1.807, 2.05) is 12.1 Å². The van der Waals surface area contributed by atoms with E-state index in [0.29, 0.717) is 12.4 Å². The molecule has 0 spiro atoms. The molecule has 0 radical (unpaired) electrons. The van der Waals surface area contributed by atoms with Crippen LogP contribution >= 0.6 is 0 Å². The first-order valence-corrected chi connectivity index (χ1v) is 10.6. The van der Waals surface area contributed by atoms with E-state index in [1.54, 1.807) is 0 Å². The van der Waals surface area contributed by atoms with Crippen molar-refractivity contribution in [1.82, 2.24) is 0 Å². The molecule has 1 saturated carbocycles. The Morgan fingerprint density at radius 3 is 2.32 bits per heavy atom. The van der Waals surface area contributed by atoms with E-state index in [1.165, 1.54) is 94.6 Å². The van der Waals surface area contributed by atoms with E-state index < -0.39 is 0 Å². The summed E-state index contributed by atoms with van der Waals surface area (Å²) in [6, 6.07) is 6.27. The molecule has 0 saturated heterocycles. The molecule has 0 bridgehead atoms. The summed E-state index contributed by atoms with van der Waals surface area (Å²) in [6.45, 7) is 2.86. The molecule has 0 amide bonds. The normalized spacial score (nSPS) is 15.2. The van der Waals surface area contributed by atoms with Crippen molar-refractivity contribution >= 4 is 6.47 Å². The van der Waals surface area contributed by atoms with E-state index in [9.17, 15) is 4.79 Å². The molecule has 1 aromatic carbocycles. The molecule has 2 rings (SSSR count). The van der Waals surface area contributed by atoms with Gasteiger partial charge in [0.05, 0.1) is 0 Å². The molecule has 1 fully saturated rings. The maximum absolute atomic E-state index is 10.9. The summed E-state index contributed by atoms with van der Waals surface area (Å²) in [6.07, 6.45) is 18.3. The number of ether oxygens (including phenoxy) is 1. The molecule has 1 aromatic rings. The molecular formula is C23H36O2. The van der Waals surface area contributed by atoms with Crippen molar-refractivity contribution in [1.29, 1.82) is 0 Å². The predicted molar refractivity (Wildman–Crippen MR) is 105 cm³/mol. The lowest BCUT2D eigenvalue weighted by Gasteiger charge is -2.26. The standard InChI is InChI=1S/C23H36O2/c1-2-3-4-5-6-7-8-10-14-21-17-13-18-22(25-19-24)23(21)20-15-11-9-12-16-20/h13,17-20H,2-12,14-16H2,1H3. The highest BCUT2D eigenvalue weighted by Gasteiger charge is 2.22. The van der Waals surface area contributed by atoms with Crippen LogP contribution in [0.1, 0.15) is 107 Å². The van der Waals surface area contributed by atoms with Crippen LogP contribution in [-0.4, -0.2) is 6.47 Å². The van der Waals surface area contributed by atoms with Crippen LogP contribution in [-0.2, 0) is 11.2 Å². The minimum Gasteiger partial charge on any atom is -0.428 e. The fraction of sp³-hybridized carbons (Fsp3) is 0.696. The Morgan fingerprint density at radius 2 is 1.64 bits per heavy atom. The number of benzene rings is 1. The Hall–Kier alpha value is -1.31. The molecule has 0 unspecified atom stereocenters.